The molecule has 0 spiro atoms. The fraction of sp³-hybridized carbons (Fsp3) is 0.222. The fourth-order valence-corrected chi connectivity index (χ4v) is 3.20. The van der Waals surface area contributed by atoms with Crippen molar-refractivity contribution in [3.8, 4) is 11.5 Å². The third kappa shape index (κ3) is 11.8. The summed E-state index contributed by atoms with van der Waals surface area (Å²) in [5.41, 5.74) is 0.869. The lowest BCUT2D eigenvalue weighted by Crippen LogP contribution is -2.06. The second-order valence-electron chi connectivity index (χ2n) is 6.94. The lowest BCUT2D eigenvalue weighted by atomic mass is 10.2. The first-order valence-electron chi connectivity index (χ1n) is 10.9. The zero-order valence-corrected chi connectivity index (χ0v) is 20.2. The van der Waals surface area contributed by atoms with Crippen LogP contribution in [0.2, 0.25) is 0 Å². The number of rotatable bonds is 15. The van der Waals surface area contributed by atoms with Crippen LogP contribution in [-0.2, 0) is 23.9 Å². The Morgan fingerprint density at radius 2 is 1.20 bits per heavy atom. The van der Waals surface area contributed by atoms with Crippen LogP contribution >= 0.6 is 11.8 Å². The monoisotopic (exact) mass is 496 g/mol. The van der Waals surface area contributed by atoms with Crippen LogP contribution in [0.1, 0.15) is 18.4 Å². The molecule has 7 nitrogen and oxygen atoms in total. The van der Waals surface area contributed by atoms with Crippen LogP contribution in [0.3, 0.4) is 0 Å². The van der Waals surface area contributed by atoms with Crippen molar-refractivity contribution in [3.63, 3.8) is 0 Å². The summed E-state index contributed by atoms with van der Waals surface area (Å²) in [6.07, 6.45) is 6.65. The van der Waals surface area contributed by atoms with E-state index in [4.69, 9.17) is 18.9 Å². The Morgan fingerprint density at radius 3 is 1.69 bits per heavy atom. The molecule has 35 heavy (non-hydrogen) atoms. The minimum absolute atomic E-state index is 0.0999. The molecule has 0 aromatic heterocycles. The standard InChI is InChI=1S/C27H28O7S/c1-3-25(28)33-19-5-17-31-22-10-7-21(8-11-22)9-16-27(30)35-24-14-12-23(13-15-24)32-18-6-20-34-26(29)4-2/h3-4,7-16H,1-2,5-6,17-20H2/b16-9+. The topological polar surface area (TPSA) is 88.1 Å². The van der Waals surface area contributed by atoms with Crippen LogP contribution in [0.5, 0.6) is 11.5 Å². The van der Waals surface area contributed by atoms with E-state index in [0.717, 1.165) is 34.4 Å². The Bertz CT molecular complexity index is 1010. The van der Waals surface area contributed by atoms with Gasteiger partial charge in [0, 0.05) is 29.9 Å². The van der Waals surface area contributed by atoms with Gasteiger partial charge in [-0.15, -0.1) is 0 Å². The molecule has 2 rings (SSSR count). The van der Waals surface area contributed by atoms with Gasteiger partial charge in [-0.1, -0.05) is 31.4 Å². The number of esters is 2. The van der Waals surface area contributed by atoms with Crippen molar-refractivity contribution in [2.24, 2.45) is 0 Å². The molecule has 0 aliphatic rings. The summed E-state index contributed by atoms with van der Waals surface area (Å²) in [6.45, 7) is 8.04. The van der Waals surface area contributed by atoms with Crippen LogP contribution < -0.4 is 9.47 Å². The van der Waals surface area contributed by atoms with Crippen LogP contribution in [0.4, 0.5) is 0 Å². The molecule has 0 heterocycles. The molecule has 8 heteroatoms. The average molecular weight is 497 g/mol. The first kappa shape index (κ1) is 27.5. The van der Waals surface area contributed by atoms with Gasteiger partial charge in [-0.25, -0.2) is 9.59 Å². The number of ether oxygens (including phenoxy) is 4. The smallest absolute Gasteiger partial charge is 0.330 e. The summed E-state index contributed by atoms with van der Waals surface area (Å²) < 4.78 is 20.9. The van der Waals surface area contributed by atoms with E-state index in [2.05, 4.69) is 13.2 Å². The van der Waals surface area contributed by atoms with Crippen molar-refractivity contribution in [1.82, 2.24) is 0 Å². The molecule has 0 aliphatic heterocycles. The molecule has 0 bridgehead atoms. The molecule has 0 amide bonds. The Morgan fingerprint density at radius 1 is 0.714 bits per heavy atom. The highest BCUT2D eigenvalue weighted by Crippen LogP contribution is 2.23. The predicted molar refractivity (Wildman–Crippen MR) is 135 cm³/mol. The molecule has 184 valence electrons. The van der Waals surface area contributed by atoms with Crippen LogP contribution in [0.15, 0.2) is 84.8 Å². The van der Waals surface area contributed by atoms with Gasteiger partial charge in [0.25, 0.3) is 0 Å². The lowest BCUT2D eigenvalue weighted by molar-refractivity contribution is -0.138. The quantitative estimate of drug-likeness (QED) is 0.147. The van der Waals surface area contributed by atoms with E-state index in [-0.39, 0.29) is 18.3 Å². The maximum atomic E-state index is 12.3. The summed E-state index contributed by atoms with van der Waals surface area (Å²) in [6, 6.07) is 14.5. The van der Waals surface area contributed by atoms with Gasteiger partial charge in [0.2, 0.25) is 5.12 Å². The molecule has 0 saturated heterocycles. The van der Waals surface area contributed by atoms with Crippen molar-refractivity contribution < 1.29 is 33.3 Å². The Hall–Kier alpha value is -3.78. The molecule has 0 radical (unpaired) electrons. The molecule has 2 aromatic rings. The van der Waals surface area contributed by atoms with Gasteiger partial charge >= 0.3 is 11.9 Å². The Balaban J connectivity index is 1.68. The van der Waals surface area contributed by atoms with E-state index in [1.54, 1.807) is 18.2 Å². The predicted octanol–water partition coefficient (Wildman–Crippen LogP) is 5.01. The van der Waals surface area contributed by atoms with Gasteiger partial charge in [-0.3, -0.25) is 4.79 Å². The SMILES string of the molecule is C=CC(=O)OCCCOc1ccc(/C=C/C(=O)Sc2ccc(OCCCOC(=O)C=C)cc2)cc1. The highest BCUT2D eigenvalue weighted by atomic mass is 32.2. The second-order valence-corrected chi connectivity index (χ2v) is 8.02. The first-order valence-corrected chi connectivity index (χ1v) is 11.8. The maximum absolute atomic E-state index is 12.3. The summed E-state index contributed by atoms with van der Waals surface area (Å²) in [5.74, 6) is 0.469. The van der Waals surface area contributed by atoms with Crippen molar-refractivity contribution in [3.05, 3.63) is 85.5 Å². The van der Waals surface area contributed by atoms with Crippen LogP contribution in [0.25, 0.3) is 6.08 Å². The molecule has 0 unspecified atom stereocenters. The Kier molecular flexibility index (Phi) is 12.5. The van der Waals surface area contributed by atoms with Gasteiger partial charge in [-0.05, 0) is 59.8 Å². The number of hydrogen-bond acceptors (Lipinski definition) is 8. The number of hydrogen-bond donors (Lipinski definition) is 0. The third-order valence-corrected chi connectivity index (χ3v) is 5.12. The van der Waals surface area contributed by atoms with E-state index < -0.39 is 11.9 Å². The minimum atomic E-state index is -0.450. The molecule has 0 fully saturated rings. The summed E-state index contributed by atoms with van der Waals surface area (Å²) in [5, 5.41) is -0.0999. The summed E-state index contributed by atoms with van der Waals surface area (Å²) in [4.78, 5) is 35.0. The molecule has 2 aromatic carbocycles. The number of carbonyl (C=O) groups excluding carboxylic acids is 3. The van der Waals surface area contributed by atoms with Crippen molar-refractivity contribution in [2.75, 3.05) is 26.4 Å². The third-order valence-electron chi connectivity index (χ3n) is 4.27. The summed E-state index contributed by atoms with van der Waals surface area (Å²) >= 11 is 1.12. The zero-order valence-electron chi connectivity index (χ0n) is 19.4. The number of benzene rings is 2. The average Bonchev–Trinajstić information content (AvgIpc) is 2.88. The maximum Gasteiger partial charge on any atom is 0.330 e. The van der Waals surface area contributed by atoms with Crippen molar-refractivity contribution in [2.45, 2.75) is 17.7 Å². The van der Waals surface area contributed by atoms with Gasteiger partial charge < -0.3 is 18.9 Å². The molecular formula is C27H28O7S. The van der Waals surface area contributed by atoms with Crippen LogP contribution in [0, 0.1) is 0 Å². The number of carbonyl (C=O) groups is 3. The fourth-order valence-electron chi connectivity index (χ4n) is 2.55. The first-order chi connectivity index (χ1) is 17.0. The summed E-state index contributed by atoms with van der Waals surface area (Å²) in [7, 11) is 0. The van der Waals surface area contributed by atoms with E-state index in [1.165, 1.54) is 6.08 Å². The lowest BCUT2D eigenvalue weighted by Gasteiger charge is -2.07. The largest absolute Gasteiger partial charge is 0.493 e. The second kappa shape index (κ2) is 16.0. The van der Waals surface area contributed by atoms with Crippen molar-refractivity contribution >= 4 is 34.9 Å². The highest BCUT2D eigenvalue weighted by molar-refractivity contribution is 8.14. The Labute approximate surface area is 209 Å². The van der Waals surface area contributed by atoms with E-state index >= 15 is 0 Å². The van der Waals surface area contributed by atoms with Gasteiger partial charge in [0.15, 0.2) is 0 Å². The molecular weight excluding hydrogens is 468 g/mol. The van der Waals surface area contributed by atoms with Gasteiger partial charge in [-0.2, -0.15) is 0 Å². The van der Waals surface area contributed by atoms with E-state index in [1.807, 2.05) is 36.4 Å². The molecule has 0 saturated carbocycles. The van der Waals surface area contributed by atoms with Crippen LogP contribution in [-0.4, -0.2) is 43.5 Å². The normalized spacial score (nSPS) is 10.4. The minimum Gasteiger partial charge on any atom is -0.493 e. The molecule has 0 N–H and O–H groups in total. The molecule has 0 atom stereocenters. The van der Waals surface area contributed by atoms with Gasteiger partial charge in [0.1, 0.15) is 11.5 Å². The number of thioether (sulfide) groups is 1. The highest BCUT2D eigenvalue weighted by Gasteiger charge is 2.03. The van der Waals surface area contributed by atoms with E-state index in [0.29, 0.717) is 37.6 Å². The van der Waals surface area contributed by atoms with Gasteiger partial charge in [0.05, 0.1) is 26.4 Å². The van der Waals surface area contributed by atoms with Crippen molar-refractivity contribution in [1.29, 1.82) is 0 Å². The zero-order chi connectivity index (χ0) is 25.3. The molecule has 0 aliphatic carbocycles. The van der Waals surface area contributed by atoms with E-state index in [9.17, 15) is 14.4 Å².